The van der Waals surface area contributed by atoms with Crippen molar-refractivity contribution in [2.45, 2.75) is 26.8 Å². The van der Waals surface area contributed by atoms with Crippen molar-refractivity contribution < 1.29 is 4.39 Å². The van der Waals surface area contributed by atoms with Gasteiger partial charge in [0.15, 0.2) is 5.82 Å². The molecule has 0 spiro atoms. The lowest BCUT2D eigenvalue weighted by Gasteiger charge is -2.10. The molecule has 0 amide bonds. The van der Waals surface area contributed by atoms with E-state index in [0.29, 0.717) is 17.2 Å². The summed E-state index contributed by atoms with van der Waals surface area (Å²) in [6, 6.07) is 6.08. The summed E-state index contributed by atoms with van der Waals surface area (Å²) < 4.78 is 15.1. The fourth-order valence-electron chi connectivity index (χ4n) is 1.93. The first-order valence-corrected chi connectivity index (χ1v) is 6.36. The normalized spacial score (nSPS) is 10.3. The van der Waals surface area contributed by atoms with Gasteiger partial charge in [0, 0.05) is 12.2 Å². The molecule has 0 fully saturated rings. The lowest BCUT2D eigenvalue weighted by molar-refractivity contribution is 0.605. The first-order valence-electron chi connectivity index (χ1n) is 6.36. The van der Waals surface area contributed by atoms with E-state index in [2.05, 4.69) is 10.4 Å². The van der Waals surface area contributed by atoms with Gasteiger partial charge in [-0.1, -0.05) is 6.92 Å². The third-order valence-electron chi connectivity index (χ3n) is 2.96. The molecule has 0 aliphatic rings. The van der Waals surface area contributed by atoms with Gasteiger partial charge in [0.25, 0.3) is 0 Å². The number of nitrogens with one attached hydrogen (secondary N) is 1. The average Bonchev–Trinajstić information content (AvgIpc) is 2.69. The van der Waals surface area contributed by atoms with Crippen LogP contribution in [0.5, 0.6) is 0 Å². The summed E-state index contributed by atoms with van der Waals surface area (Å²) in [5.74, 6) is 0.129. The van der Waals surface area contributed by atoms with Crippen LogP contribution in [0.2, 0.25) is 0 Å². The number of aromatic nitrogens is 2. The Morgan fingerprint density at radius 3 is 2.90 bits per heavy atom. The second kappa shape index (κ2) is 5.61. The van der Waals surface area contributed by atoms with Crippen LogP contribution in [-0.4, -0.2) is 9.78 Å². The van der Waals surface area contributed by atoms with Crippen LogP contribution in [0.15, 0.2) is 18.2 Å². The van der Waals surface area contributed by atoms with E-state index in [1.165, 1.54) is 12.1 Å². The minimum absolute atomic E-state index is 0.00755. The second-order valence-corrected chi connectivity index (χ2v) is 4.50. The molecule has 104 valence electrons. The molecular weight excluding hydrogens is 257 g/mol. The molecule has 0 saturated carbocycles. The maximum atomic E-state index is 13.3. The summed E-state index contributed by atoms with van der Waals surface area (Å²) in [7, 11) is 0. The zero-order valence-corrected chi connectivity index (χ0v) is 11.4. The number of rotatable bonds is 4. The number of hydrogen-bond acceptors (Lipinski definition) is 4. The highest BCUT2D eigenvalue weighted by molar-refractivity contribution is 5.71. The van der Waals surface area contributed by atoms with Crippen LogP contribution in [0.3, 0.4) is 0 Å². The zero-order chi connectivity index (χ0) is 14.7. The summed E-state index contributed by atoms with van der Waals surface area (Å²) in [5, 5.41) is 16.3. The molecule has 0 atom stereocenters. The van der Waals surface area contributed by atoms with Crippen molar-refractivity contribution in [3.05, 3.63) is 35.3 Å². The van der Waals surface area contributed by atoms with Gasteiger partial charge in [0.1, 0.15) is 11.9 Å². The lowest BCUT2D eigenvalue weighted by Crippen LogP contribution is -2.06. The van der Waals surface area contributed by atoms with Crippen LogP contribution in [0.25, 0.3) is 0 Å². The maximum Gasteiger partial charge on any atom is 0.152 e. The molecule has 0 bridgehead atoms. The first kappa shape index (κ1) is 13.9. The van der Waals surface area contributed by atoms with Crippen LogP contribution < -0.4 is 11.1 Å². The molecule has 0 saturated heterocycles. The van der Waals surface area contributed by atoms with Gasteiger partial charge in [-0.3, -0.25) is 0 Å². The SMILES string of the molecule is CCCn1nc(C)c(N)c1Nc1ccc(F)c(C#N)c1. The van der Waals surface area contributed by atoms with Crippen molar-refractivity contribution in [1.29, 1.82) is 5.26 Å². The molecule has 0 unspecified atom stereocenters. The van der Waals surface area contributed by atoms with E-state index in [4.69, 9.17) is 11.0 Å². The Labute approximate surface area is 116 Å². The molecular formula is C14H16FN5. The highest BCUT2D eigenvalue weighted by atomic mass is 19.1. The van der Waals surface area contributed by atoms with Crippen molar-refractivity contribution in [1.82, 2.24) is 9.78 Å². The summed E-state index contributed by atoms with van der Waals surface area (Å²) >= 11 is 0. The number of benzene rings is 1. The minimum Gasteiger partial charge on any atom is -0.394 e. The number of nitrogens with zero attached hydrogens (tertiary/aromatic N) is 3. The molecule has 2 aromatic rings. The molecule has 0 radical (unpaired) electrons. The van der Waals surface area contributed by atoms with Gasteiger partial charge in [0.05, 0.1) is 16.9 Å². The lowest BCUT2D eigenvalue weighted by atomic mass is 10.2. The number of nitriles is 1. The molecule has 0 aliphatic carbocycles. The number of anilines is 3. The van der Waals surface area contributed by atoms with E-state index in [1.54, 1.807) is 10.7 Å². The standard InChI is InChI=1S/C14H16FN5/c1-3-6-20-14(13(17)9(2)19-20)18-11-4-5-12(15)10(7-11)8-16/h4-5,7,18H,3,6,17H2,1-2H3. The Hall–Kier alpha value is -2.55. The number of nitrogens with two attached hydrogens (primary N) is 1. The van der Waals surface area contributed by atoms with Crippen molar-refractivity contribution in [2.24, 2.45) is 0 Å². The van der Waals surface area contributed by atoms with Gasteiger partial charge >= 0.3 is 0 Å². The van der Waals surface area contributed by atoms with Gasteiger partial charge < -0.3 is 11.1 Å². The molecule has 3 N–H and O–H groups in total. The Morgan fingerprint density at radius 1 is 1.50 bits per heavy atom. The number of aryl methyl sites for hydroxylation is 2. The van der Waals surface area contributed by atoms with Crippen molar-refractivity contribution >= 4 is 17.2 Å². The van der Waals surface area contributed by atoms with Crippen LogP contribution in [0, 0.1) is 24.1 Å². The first-order chi connectivity index (χ1) is 9.56. The largest absolute Gasteiger partial charge is 0.394 e. The molecule has 5 nitrogen and oxygen atoms in total. The quantitative estimate of drug-likeness (QED) is 0.897. The summed E-state index contributed by atoms with van der Waals surface area (Å²) in [6.07, 6.45) is 0.919. The van der Waals surface area contributed by atoms with Crippen LogP contribution >= 0.6 is 0 Å². The number of hydrogen-bond donors (Lipinski definition) is 2. The maximum absolute atomic E-state index is 13.3. The Balaban J connectivity index is 2.37. The van der Waals surface area contributed by atoms with E-state index in [1.807, 2.05) is 19.9 Å². The monoisotopic (exact) mass is 273 g/mol. The van der Waals surface area contributed by atoms with E-state index in [-0.39, 0.29) is 5.56 Å². The van der Waals surface area contributed by atoms with Gasteiger partial charge in [0.2, 0.25) is 0 Å². The molecule has 1 aromatic heterocycles. The smallest absolute Gasteiger partial charge is 0.152 e. The molecule has 1 aromatic carbocycles. The highest BCUT2D eigenvalue weighted by Gasteiger charge is 2.13. The Kier molecular flexibility index (Phi) is 3.89. The fourth-order valence-corrected chi connectivity index (χ4v) is 1.93. The summed E-state index contributed by atoms with van der Waals surface area (Å²) in [4.78, 5) is 0. The second-order valence-electron chi connectivity index (χ2n) is 4.50. The van der Waals surface area contributed by atoms with Gasteiger partial charge in [-0.15, -0.1) is 0 Å². The van der Waals surface area contributed by atoms with E-state index in [0.717, 1.165) is 18.7 Å². The van der Waals surface area contributed by atoms with E-state index in [9.17, 15) is 4.39 Å². The zero-order valence-electron chi connectivity index (χ0n) is 11.4. The van der Waals surface area contributed by atoms with E-state index < -0.39 is 5.82 Å². The van der Waals surface area contributed by atoms with E-state index >= 15 is 0 Å². The molecule has 2 rings (SSSR count). The van der Waals surface area contributed by atoms with Crippen LogP contribution in [-0.2, 0) is 6.54 Å². The molecule has 20 heavy (non-hydrogen) atoms. The molecule has 6 heteroatoms. The third kappa shape index (κ3) is 2.57. The molecule has 0 aliphatic heterocycles. The van der Waals surface area contributed by atoms with Crippen LogP contribution in [0.4, 0.5) is 21.6 Å². The Bertz CT molecular complexity index is 669. The fraction of sp³-hybridized carbons (Fsp3) is 0.286. The topological polar surface area (TPSA) is 79.7 Å². The van der Waals surface area contributed by atoms with Gasteiger partial charge in [-0.2, -0.15) is 10.4 Å². The number of nitrogen functional groups attached to an aromatic ring is 1. The van der Waals surface area contributed by atoms with Gasteiger partial charge in [-0.25, -0.2) is 9.07 Å². The minimum atomic E-state index is -0.538. The van der Waals surface area contributed by atoms with Crippen molar-refractivity contribution in [3.63, 3.8) is 0 Å². The number of halogens is 1. The Morgan fingerprint density at radius 2 is 2.25 bits per heavy atom. The van der Waals surface area contributed by atoms with Crippen molar-refractivity contribution in [2.75, 3.05) is 11.1 Å². The van der Waals surface area contributed by atoms with Crippen LogP contribution in [0.1, 0.15) is 24.6 Å². The predicted octanol–water partition coefficient (Wildman–Crippen LogP) is 2.94. The van der Waals surface area contributed by atoms with Crippen molar-refractivity contribution in [3.8, 4) is 6.07 Å². The highest BCUT2D eigenvalue weighted by Crippen LogP contribution is 2.27. The average molecular weight is 273 g/mol. The summed E-state index contributed by atoms with van der Waals surface area (Å²) in [6.45, 7) is 4.60. The predicted molar refractivity (Wildman–Crippen MR) is 76.1 cm³/mol. The summed E-state index contributed by atoms with van der Waals surface area (Å²) in [5.41, 5.74) is 7.89. The third-order valence-corrected chi connectivity index (χ3v) is 2.96. The van der Waals surface area contributed by atoms with Gasteiger partial charge in [-0.05, 0) is 31.5 Å². The molecule has 1 heterocycles.